The Morgan fingerprint density at radius 3 is 3.15 bits per heavy atom. The maximum Gasteiger partial charge on any atom is 0.276 e. The van der Waals surface area contributed by atoms with Gasteiger partial charge < -0.3 is 9.88 Å². The van der Waals surface area contributed by atoms with Crippen LogP contribution in [0.15, 0.2) is 35.6 Å². The highest BCUT2D eigenvalue weighted by Crippen LogP contribution is 2.18. The number of fused-ring (bicyclic) bond motifs is 1. The van der Waals surface area contributed by atoms with Gasteiger partial charge in [0.25, 0.3) is 5.56 Å². The zero-order valence-corrected chi connectivity index (χ0v) is 11.9. The molecule has 3 heterocycles. The molecule has 0 fully saturated rings. The summed E-state index contributed by atoms with van der Waals surface area (Å²) in [6, 6.07) is 1.72. The topological polar surface area (TPSA) is 64.2 Å². The molecule has 0 unspecified atom stereocenters. The van der Waals surface area contributed by atoms with Gasteiger partial charge in [-0.1, -0.05) is 6.92 Å². The molecule has 0 saturated heterocycles. The summed E-state index contributed by atoms with van der Waals surface area (Å²) in [4.78, 5) is 17.6. The van der Waals surface area contributed by atoms with Crippen LogP contribution in [0.25, 0.3) is 5.52 Å². The molecule has 0 aromatic carbocycles. The average Bonchev–Trinajstić information content (AvgIpc) is 3.09. The van der Waals surface area contributed by atoms with E-state index in [0.717, 1.165) is 23.0 Å². The van der Waals surface area contributed by atoms with Crippen molar-refractivity contribution in [1.29, 1.82) is 0 Å². The van der Waals surface area contributed by atoms with Gasteiger partial charge in [-0.05, 0) is 12.5 Å². The maximum absolute atomic E-state index is 12.2. The Hall–Kier alpha value is -2.15. The lowest BCUT2D eigenvalue weighted by molar-refractivity contribution is 0.750. The zero-order chi connectivity index (χ0) is 13.9. The van der Waals surface area contributed by atoms with Crippen molar-refractivity contribution in [3.63, 3.8) is 0 Å². The first-order chi connectivity index (χ1) is 9.78. The quantitative estimate of drug-likeness (QED) is 0.778. The fraction of sp³-hybridized carbons (Fsp3) is 0.308. The van der Waals surface area contributed by atoms with Crippen molar-refractivity contribution in [3.05, 3.63) is 46.1 Å². The first kappa shape index (κ1) is 12.9. The SMILES string of the molecule is CCCNc1ncc(Cn2ccn3nccc3c2=O)s1. The van der Waals surface area contributed by atoms with E-state index in [0.29, 0.717) is 12.1 Å². The second-order valence-corrected chi connectivity index (χ2v) is 5.57. The molecule has 0 aliphatic heterocycles. The number of rotatable bonds is 5. The Labute approximate surface area is 119 Å². The molecule has 20 heavy (non-hydrogen) atoms. The number of nitrogens with one attached hydrogen (secondary N) is 1. The Morgan fingerprint density at radius 1 is 1.40 bits per heavy atom. The first-order valence-electron chi connectivity index (χ1n) is 6.49. The zero-order valence-electron chi connectivity index (χ0n) is 11.1. The Morgan fingerprint density at radius 2 is 2.30 bits per heavy atom. The van der Waals surface area contributed by atoms with Crippen molar-refractivity contribution in [1.82, 2.24) is 19.2 Å². The minimum atomic E-state index is -0.0403. The Bertz CT molecular complexity index is 772. The molecule has 1 N–H and O–H groups in total. The summed E-state index contributed by atoms with van der Waals surface area (Å²) in [5.41, 5.74) is 0.544. The molecule has 6 nitrogen and oxygen atoms in total. The van der Waals surface area contributed by atoms with E-state index in [-0.39, 0.29) is 5.56 Å². The summed E-state index contributed by atoms with van der Waals surface area (Å²) in [5, 5.41) is 8.20. The van der Waals surface area contributed by atoms with Gasteiger partial charge in [0.2, 0.25) is 0 Å². The number of anilines is 1. The van der Waals surface area contributed by atoms with Crippen LogP contribution in [0.3, 0.4) is 0 Å². The molecule has 3 aromatic rings. The summed E-state index contributed by atoms with van der Waals surface area (Å²) in [6.07, 6.45) is 8.04. The summed E-state index contributed by atoms with van der Waals surface area (Å²) in [7, 11) is 0. The average molecular weight is 289 g/mol. The molecule has 0 aliphatic rings. The predicted molar refractivity (Wildman–Crippen MR) is 79.4 cm³/mol. The molecule has 3 rings (SSSR count). The fourth-order valence-electron chi connectivity index (χ4n) is 1.95. The molecule has 0 atom stereocenters. The fourth-order valence-corrected chi connectivity index (χ4v) is 2.78. The summed E-state index contributed by atoms with van der Waals surface area (Å²) >= 11 is 1.58. The normalized spacial score (nSPS) is 11.1. The smallest absolute Gasteiger partial charge is 0.276 e. The lowest BCUT2D eigenvalue weighted by atomic mass is 10.4. The summed E-state index contributed by atoms with van der Waals surface area (Å²) in [6.45, 7) is 3.56. The molecule has 0 saturated carbocycles. The van der Waals surface area contributed by atoms with Crippen molar-refractivity contribution < 1.29 is 0 Å². The highest BCUT2D eigenvalue weighted by atomic mass is 32.1. The van der Waals surface area contributed by atoms with Crippen LogP contribution in [0.5, 0.6) is 0 Å². The molecule has 0 bridgehead atoms. The van der Waals surface area contributed by atoms with Gasteiger partial charge in [-0.3, -0.25) is 4.79 Å². The third-order valence-corrected chi connectivity index (χ3v) is 3.88. The van der Waals surface area contributed by atoms with Crippen molar-refractivity contribution in [2.75, 3.05) is 11.9 Å². The van der Waals surface area contributed by atoms with Gasteiger partial charge >= 0.3 is 0 Å². The Balaban J connectivity index is 1.83. The van der Waals surface area contributed by atoms with Gasteiger partial charge in [-0.25, -0.2) is 9.50 Å². The molecule has 7 heteroatoms. The van der Waals surface area contributed by atoms with E-state index in [1.54, 1.807) is 45.1 Å². The van der Waals surface area contributed by atoms with E-state index in [1.165, 1.54) is 0 Å². The second-order valence-electron chi connectivity index (χ2n) is 4.45. The van der Waals surface area contributed by atoms with Crippen molar-refractivity contribution >= 4 is 22.0 Å². The molecule has 0 radical (unpaired) electrons. The summed E-state index contributed by atoms with van der Waals surface area (Å²) < 4.78 is 3.26. The number of thiazole rings is 1. The van der Waals surface area contributed by atoms with E-state index < -0.39 is 0 Å². The van der Waals surface area contributed by atoms with Crippen LogP contribution >= 0.6 is 11.3 Å². The largest absolute Gasteiger partial charge is 0.362 e. The minimum absolute atomic E-state index is 0.0403. The molecular formula is C13H15N5OS. The second kappa shape index (κ2) is 5.46. The third kappa shape index (κ3) is 2.44. The van der Waals surface area contributed by atoms with Crippen LogP contribution in [0, 0.1) is 0 Å². The van der Waals surface area contributed by atoms with Gasteiger partial charge in [-0.15, -0.1) is 11.3 Å². The van der Waals surface area contributed by atoms with E-state index in [4.69, 9.17) is 0 Å². The molecule has 0 amide bonds. The van der Waals surface area contributed by atoms with Crippen molar-refractivity contribution in [3.8, 4) is 0 Å². The molecular weight excluding hydrogens is 274 g/mol. The van der Waals surface area contributed by atoms with Gasteiger partial charge in [0.05, 0.1) is 12.7 Å². The van der Waals surface area contributed by atoms with Crippen LogP contribution in [0.2, 0.25) is 0 Å². The third-order valence-electron chi connectivity index (χ3n) is 2.94. The number of hydrogen-bond donors (Lipinski definition) is 1. The van der Waals surface area contributed by atoms with Crippen molar-refractivity contribution in [2.45, 2.75) is 19.9 Å². The standard InChI is InChI=1S/C13H15N5OS/c1-2-4-14-13-15-8-10(20-13)9-17-6-7-18-11(12(17)19)3-5-16-18/h3,5-8H,2,4,9H2,1H3,(H,14,15). The highest BCUT2D eigenvalue weighted by Gasteiger charge is 2.06. The number of aromatic nitrogens is 4. The first-order valence-corrected chi connectivity index (χ1v) is 7.31. The van der Waals surface area contributed by atoms with Gasteiger partial charge in [-0.2, -0.15) is 5.10 Å². The molecule has 0 aliphatic carbocycles. The van der Waals surface area contributed by atoms with E-state index >= 15 is 0 Å². The number of hydrogen-bond acceptors (Lipinski definition) is 5. The van der Waals surface area contributed by atoms with Gasteiger partial charge in [0, 0.05) is 30.0 Å². The van der Waals surface area contributed by atoms with Crippen LogP contribution in [0.1, 0.15) is 18.2 Å². The Kier molecular flexibility index (Phi) is 3.51. The van der Waals surface area contributed by atoms with Crippen molar-refractivity contribution in [2.24, 2.45) is 0 Å². The van der Waals surface area contributed by atoms with Gasteiger partial charge in [0.1, 0.15) is 5.52 Å². The maximum atomic E-state index is 12.2. The van der Waals surface area contributed by atoms with Crippen LogP contribution in [-0.4, -0.2) is 25.7 Å². The molecule has 0 spiro atoms. The van der Waals surface area contributed by atoms with Crippen LogP contribution in [-0.2, 0) is 6.54 Å². The molecule has 104 valence electrons. The lowest BCUT2D eigenvalue weighted by Gasteiger charge is -2.03. The van der Waals surface area contributed by atoms with E-state index in [9.17, 15) is 4.79 Å². The van der Waals surface area contributed by atoms with E-state index in [1.807, 2.05) is 6.20 Å². The van der Waals surface area contributed by atoms with E-state index in [2.05, 4.69) is 22.3 Å². The summed E-state index contributed by atoms with van der Waals surface area (Å²) in [5.74, 6) is 0. The van der Waals surface area contributed by atoms with Gasteiger partial charge in [0.15, 0.2) is 5.13 Å². The highest BCUT2D eigenvalue weighted by molar-refractivity contribution is 7.15. The lowest BCUT2D eigenvalue weighted by Crippen LogP contribution is -2.21. The monoisotopic (exact) mass is 289 g/mol. The minimum Gasteiger partial charge on any atom is -0.362 e. The van der Waals surface area contributed by atoms with Crippen LogP contribution < -0.4 is 10.9 Å². The number of nitrogens with zero attached hydrogens (tertiary/aromatic N) is 4. The predicted octanol–water partition coefficient (Wildman–Crippen LogP) is 1.82. The van der Waals surface area contributed by atoms with Crippen LogP contribution in [0.4, 0.5) is 5.13 Å². The molecule has 3 aromatic heterocycles.